The van der Waals surface area contributed by atoms with Crippen LogP contribution in [0, 0.1) is 13.8 Å². The van der Waals surface area contributed by atoms with Gasteiger partial charge in [0.15, 0.2) is 5.82 Å². The first kappa shape index (κ1) is 13.9. The molecule has 1 aromatic carbocycles. The van der Waals surface area contributed by atoms with Crippen molar-refractivity contribution in [2.75, 3.05) is 0 Å². The molecule has 23 heavy (non-hydrogen) atoms. The van der Waals surface area contributed by atoms with E-state index in [9.17, 15) is 4.79 Å². The maximum Gasteiger partial charge on any atom is 0.291 e. The zero-order valence-corrected chi connectivity index (χ0v) is 13.4. The van der Waals surface area contributed by atoms with Crippen LogP contribution in [0.2, 0.25) is 0 Å². The molecule has 0 bridgehead atoms. The van der Waals surface area contributed by atoms with Crippen LogP contribution in [0.4, 0.5) is 0 Å². The van der Waals surface area contributed by atoms with Crippen molar-refractivity contribution in [1.29, 1.82) is 0 Å². The van der Waals surface area contributed by atoms with Crippen molar-refractivity contribution in [1.82, 2.24) is 14.6 Å². The van der Waals surface area contributed by atoms with Crippen LogP contribution in [0.25, 0.3) is 22.4 Å². The lowest BCUT2D eigenvalue weighted by molar-refractivity contribution is 0.525. The molecule has 0 amide bonds. The van der Waals surface area contributed by atoms with E-state index in [2.05, 4.69) is 10.1 Å². The van der Waals surface area contributed by atoms with Crippen LogP contribution >= 0.6 is 11.3 Å². The van der Waals surface area contributed by atoms with E-state index in [0.29, 0.717) is 21.1 Å². The molecule has 0 fully saturated rings. The zero-order chi connectivity index (χ0) is 16.0. The molecule has 0 atom stereocenters. The minimum Gasteiger partial charge on any atom is -0.462 e. The number of hydrogen-bond donors (Lipinski definition) is 0. The fourth-order valence-electron chi connectivity index (χ4n) is 2.43. The number of furan rings is 1. The van der Waals surface area contributed by atoms with Crippen molar-refractivity contribution in [3.8, 4) is 11.4 Å². The smallest absolute Gasteiger partial charge is 0.291 e. The van der Waals surface area contributed by atoms with Crippen LogP contribution in [0.1, 0.15) is 17.1 Å². The molecule has 6 heteroatoms. The SMILES string of the molecule is Cc1ccc(/C=c2\sc3nc(-c4ccccc4C)nn3c2=O)o1. The largest absolute Gasteiger partial charge is 0.462 e. The molecule has 0 aliphatic carbocycles. The fraction of sp³-hybridized carbons (Fsp3) is 0.118. The zero-order valence-electron chi connectivity index (χ0n) is 12.6. The molecule has 0 N–H and O–H groups in total. The molecule has 5 nitrogen and oxygen atoms in total. The van der Waals surface area contributed by atoms with Gasteiger partial charge in [0.2, 0.25) is 4.96 Å². The Morgan fingerprint density at radius 2 is 2.00 bits per heavy atom. The van der Waals surface area contributed by atoms with Crippen molar-refractivity contribution >= 4 is 22.4 Å². The quantitative estimate of drug-likeness (QED) is 0.569. The average Bonchev–Trinajstić information content (AvgIpc) is 3.19. The van der Waals surface area contributed by atoms with Gasteiger partial charge in [-0.1, -0.05) is 35.6 Å². The summed E-state index contributed by atoms with van der Waals surface area (Å²) in [6, 6.07) is 11.6. The molecule has 114 valence electrons. The highest BCUT2D eigenvalue weighted by atomic mass is 32.1. The Balaban J connectivity index is 1.86. The molecule has 4 aromatic rings. The third-order valence-electron chi connectivity index (χ3n) is 3.60. The number of fused-ring (bicyclic) bond motifs is 1. The standard InChI is InChI=1S/C17H13N3O2S/c1-10-5-3-4-6-13(10)15-18-17-20(19-15)16(21)14(23-17)9-12-8-7-11(2)22-12/h3-9H,1-2H3/b14-9-. The van der Waals surface area contributed by atoms with E-state index in [4.69, 9.17) is 4.42 Å². The summed E-state index contributed by atoms with van der Waals surface area (Å²) >= 11 is 1.31. The van der Waals surface area contributed by atoms with Crippen molar-refractivity contribution in [3.05, 3.63) is 68.4 Å². The summed E-state index contributed by atoms with van der Waals surface area (Å²) in [5, 5.41) is 4.36. The predicted octanol–water partition coefficient (Wildman–Crippen LogP) is 2.58. The van der Waals surface area contributed by atoms with Crippen LogP contribution in [0.3, 0.4) is 0 Å². The second-order valence-electron chi connectivity index (χ2n) is 5.31. The molecule has 4 rings (SSSR count). The fourth-order valence-corrected chi connectivity index (χ4v) is 3.32. The summed E-state index contributed by atoms with van der Waals surface area (Å²) in [6.07, 6.45) is 1.73. The summed E-state index contributed by atoms with van der Waals surface area (Å²) < 4.78 is 7.40. The van der Waals surface area contributed by atoms with E-state index in [0.717, 1.165) is 16.9 Å². The predicted molar refractivity (Wildman–Crippen MR) is 89.5 cm³/mol. The molecule has 3 aromatic heterocycles. The average molecular weight is 323 g/mol. The lowest BCUT2D eigenvalue weighted by Crippen LogP contribution is -2.23. The number of aromatic nitrogens is 3. The van der Waals surface area contributed by atoms with Gasteiger partial charge in [0.1, 0.15) is 16.1 Å². The van der Waals surface area contributed by atoms with Crippen LogP contribution < -0.4 is 10.1 Å². The number of nitrogens with zero attached hydrogens (tertiary/aromatic N) is 3. The normalized spacial score (nSPS) is 12.3. The Morgan fingerprint density at radius 1 is 1.17 bits per heavy atom. The molecule has 0 saturated heterocycles. The molecule has 0 aliphatic rings. The third kappa shape index (κ3) is 2.37. The van der Waals surface area contributed by atoms with Gasteiger partial charge in [-0.25, -0.2) is 0 Å². The maximum absolute atomic E-state index is 12.5. The van der Waals surface area contributed by atoms with Crippen LogP contribution in [-0.4, -0.2) is 14.6 Å². The number of benzene rings is 1. The number of hydrogen-bond acceptors (Lipinski definition) is 5. The first-order valence-electron chi connectivity index (χ1n) is 7.15. The van der Waals surface area contributed by atoms with Crippen LogP contribution in [0.5, 0.6) is 0 Å². The van der Waals surface area contributed by atoms with Gasteiger partial charge in [-0.05, 0) is 31.5 Å². The summed E-state index contributed by atoms with van der Waals surface area (Å²) in [6.45, 7) is 3.87. The Hall–Kier alpha value is -2.73. The topological polar surface area (TPSA) is 60.4 Å². The number of thiazole rings is 1. The van der Waals surface area contributed by atoms with Gasteiger partial charge in [0.25, 0.3) is 5.56 Å². The molecule has 0 spiro atoms. The van der Waals surface area contributed by atoms with Gasteiger partial charge < -0.3 is 4.42 Å². The third-order valence-corrected chi connectivity index (χ3v) is 4.56. The van der Waals surface area contributed by atoms with Gasteiger partial charge in [0, 0.05) is 11.6 Å². The number of rotatable bonds is 2. The minimum absolute atomic E-state index is 0.175. The molecule has 0 radical (unpaired) electrons. The number of aryl methyl sites for hydroxylation is 2. The van der Waals surface area contributed by atoms with Crippen molar-refractivity contribution in [3.63, 3.8) is 0 Å². The first-order valence-corrected chi connectivity index (χ1v) is 7.97. The molecule has 3 heterocycles. The second-order valence-corrected chi connectivity index (χ2v) is 6.32. The summed E-state index contributed by atoms with van der Waals surface area (Å²) in [5.74, 6) is 2.04. The van der Waals surface area contributed by atoms with Crippen molar-refractivity contribution < 1.29 is 4.42 Å². The van der Waals surface area contributed by atoms with E-state index in [-0.39, 0.29) is 5.56 Å². The van der Waals surface area contributed by atoms with Gasteiger partial charge >= 0.3 is 0 Å². The molecule has 0 aliphatic heterocycles. The van der Waals surface area contributed by atoms with Crippen molar-refractivity contribution in [2.45, 2.75) is 13.8 Å². The van der Waals surface area contributed by atoms with Crippen molar-refractivity contribution in [2.24, 2.45) is 0 Å². The molecular weight excluding hydrogens is 310 g/mol. The van der Waals surface area contributed by atoms with Gasteiger partial charge in [-0.2, -0.15) is 9.50 Å². The van der Waals surface area contributed by atoms with E-state index in [1.54, 1.807) is 6.08 Å². The molecule has 0 saturated carbocycles. The molecule has 0 unspecified atom stereocenters. The summed E-state index contributed by atoms with van der Waals surface area (Å²) in [7, 11) is 0. The lowest BCUT2D eigenvalue weighted by Gasteiger charge is -1.98. The monoisotopic (exact) mass is 323 g/mol. The van der Waals surface area contributed by atoms with E-state index >= 15 is 0 Å². The Bertz CT molecular complexity index is 1120. The first-order chi connectivity index (χ1) is 11.1. The van der Waals surface area contributed by atoms with Gasteiger partial charge in [-0.3, -0.25) is 4.79 Å². The lowest BCUT2D eigenvalue weighted by atomic mass is 10.1. The second kappa shape index (κ2) is 5.17. The highest BCUT2D eigenvalue weighted by Gasteiger charge is 2.13. The van der Waals surface area contributed by atoms with Crippen LogP contribution in [-0.2, 0) is 0 Å². The minimum atomic E-state index is -0.175. The van der Waals surface area contributed by atoms with E-state index < -0.39 is 0 Å². The van der Waals surface area contributed by atoms with E-state index in [1.165, 1.54) is 15.9 Å². The van der Waals surface area contributed by atoms with E-state index in [1.807, 2.05) is 50.2 Å². The van der Waals surface area contributed by atoms with Gasteiger partial charge in [0.05, 0.1) is 0 Å². The Morgan fingerprint density at radius 3 is 2.70 bits per heavy atom. The van der Waals surface area contributed by atoms with Crippen LogP contribution in [0.15, 0.2) is 45.6 Å². The highest BCUT2D eigenvalue weighted by molar-refractivity contribution is 7.15. The Kier molecular flexibility index (Phi) is 3.12. The maximum atomic E-state index is 12.5. The summed E-state index contributed by atoms with van der Waals surface area (Å²) in [4.78, 5) is 17.5. The molecular formula is C17H13N3O2S. The van der Waals surface area contributed by atoms with Gasteiger partial charge in [-0.15, -0.1) is 5.10 Å². The summed E-state index contributed by atoms with van der Waals surface area (Å²) in [5.41, 5.74) is 1.84. The highest BCUT2D eigenvalue weighted by Crippen LogP contribution is 2.20. The Labute approximate surface area is 135 Å².